The molecule has 90 valence electrons. The van der Waals surface area contributed by atoms with Crippen LogP contribution in [0.2, 0.25) is 0 Å². The van der Waals surface area contributed by atoms with Gasteiger partial charge in [0.15, 0.2) is 0 Å². The summed E-state index contributed by atoms with van der Waals surface area (Å²) in [7, 11) is 0. The summed E-state index contributed by atoms with van der Waals surface area (Å²) in [5.41, 5.74) is 2.85. The van der Waals surface area contributed by atoms with Gasteiger partial charge in [0.25, 0.3) is 0 Å². The molecular weight excluding hydrogens is 214 g/mol. The van der Waals surface area contributed by atoms with Crippen molar-refractivity contribution >= 4 is 16.9 Å². The molecule has 0 unspecified atom stereocenters. The molecule has 2 aromatic rings. The highest BCUT2D eigenvalue weighted by Gasteiger charge is 2.23. The predicted molar refractivity (Wildman–Crippen MR) is 68.3 cm³/mol. The standard InChI is InChI=1S/C14H17NO2/c1-14(2,3)13-10(8-12(16)17)9-6-4-5-7-11(9)15-13/h4-7,15H,8H2,1-3H3,(H,16,17). The number of carboxylic acid groups (broad SMARTS) is 1. The van der Waals surface area contributed by atoms with Crippen LogP contribution in [-0.2, 0) is 16.6 Å². The fraction of sp³-hybridized carbons (Fsp3) is 0.357. The molecule has 0 radical (unpaired) electrons. The first kappa shape index (κ1) is 11.7. The average molecular weight is 231 g/mol. The van der Waals surface area contributed by atoms with Crippen molar-refractivity contribution in [3.8, 4) is 0 Å². The van der Waals surface area contributed by atoms with Crippen LogP contribution in [0.25, 0.3) is 10.9 Å². The fourth-order valence-electron chi connectivity index (χ4n) is 2.18. The molecule has 1 heterocycles. The minimum Gasteiger partial charge on any atom is -0.481 e. The number of rotatable bonds is 2. The number of H-pyrrole nitrogens is 1. The number of carbonyl (C=O) groups is 1. The summed E-state index contributed by atoms with van der Waals surface area (Å²) >= 11 is 0. The van der Waals surface area contributed by atoms with Crippen molar-refractivity contribution in [1.82, 2.24) is 4.98 Å². The third-order valence-corrected chi connectivity index (χ3v) is 2.89. The van der Waals surface area contributed by atoms with Gasteiger partial charge >= 0.3 is 5.97 Å². The van der Waals surface area contributed by atoms with E-state index in [1.54, 1.807) is 0 Å². The molecular formula is C14H17NO2. The van der Waals surface area contributed by atoms with Crippen LogP contribution in [-0.4, -0.2) is 16.1 Å². The second kappa shape index (κ2) is 3.91. The lowest BCUT2D eigenvalue weighted by atomic mass is 9.88. The highest BCUT2D eigenvalue weighted by Crippen LogP contribution is 2.31. The van der Waals surface area contributed by atoms with Gasteiger partial charge in [-0.05, 0) is 11.6 Å². The molecule has 17 heavy (non-hydrogen) atoms. The third kappa shape index (κ3) is 2.18. The number of carboxylic acids is 1. The Bertz CT molecular complexity index is 561. The number of hydrogen-bond donors (Lipinski definition) is 2. The Kier molecular flexibility index (Phi) is 2.69. The lowest BCUT2D eigenvalue weighted by molar-refractivity contribution is -0.136. The summed E-state index contributed by atoms with van der Waals surface area (Å²) < 4.78 is 0. The summed E-state index contributed by atoms with van der Waals surface area (Å²) in [4.78, 5) is 14.3. The normalized spacial score (nSPS) is 11.9. The maximum atomic E-state index is 11.0. The van der Waals surface area contributed by atoms with E-state index in [4.69, 9.17) is 5.11 Å². The maximum absolute atomic E-state index is 11.0. The summed E-state index contributed by atoms with van der Waals surface area (Å²) in [6, 6.07) is 7.85. The number of para-hydroxylation sites is 1. The van der Waals surface area contributed by atoms with Crippen molar-refractivity contribution in [1.29, 1.82) is 0 Å². The summed E-state index contributed by atoms with van der Waals surface area (Å²) in [6.45, 7) is 6.26. The summed E-state index contributed by atoms with van der Waals surface area (Å²) in [6.07, 6.45) is 0.0661. The van der Waals surface area contributed by atoms with E-state index in [1.807, 2.05) is 24.3 Å². The molecule has 0 saturated heterocycles. The molecule has 0 spiro atoms. The zero-order chi connectivity index (χ0) is 12.6. The maximum Gasteiger partial charge on any atom is 0.307 e. The van der Waals surface area contributed by atoms with Gasteiger partial charge < -0.3 is 10.1 Å². The molecule has 0 aliphatic rings. The first-order valence-corrected chi connectivity index (χ1v) is 5.71. The molecule has 0 atom stereocenters. The molecule has 0 amide bonds. The van der Waals surface area contributed by atoms with E-state index in [0.717, 1.165) is 22.2 Å². The van der Waals surface area contributed by atoms with Crippen molar-refractivity contribution in [2.45, 2.75) is 32.6 Å². The van der Waals surface area contributed by atoms with Crippen molar-refractivity contribution in [2.75, 3.05) is 0 Å². The van der Waals surface area contributed by atoms with Gasteiger partial charge in [0.05, 0.1) is 6.42 Å². The average Bonchev–Trinajstić information content (AvgIpc) is 2.56. The van der Waals surface area contributed by atoms with Crippen LogP contribution in [0.1, 0.15) is 32.0 Å². The lowest BCUT2D eigenvalue weighted by Crippen LogP contribution is -2.15. The van der Waals surface area contributed by atoms with E-state index in [-0.39, 0.29) is 11.8 Å². The van der Waals surface area contributed by atoms with E-state index >= 15 is 0 Å². The number of fused-ring (bicyclic) bond motifs is 1. The van der Waals surface area contributed by atoms with Crippen molar-refractivity contribution in [3.63, 3.8) is 0 Å². The number of benzene rings is 1. The van der Waals surface area contributed by atoms with Crippen molar-refractivity contribution in [3.05, 3.63) is 35.5 Å². The second-order valence-electron chi connectivity index (χ2n) is 5.34. The number of aromatic amines is 1. The Morgan fingerprint density at radius 2 is 1.94 bits per heavy atom. The highest BCUT2D eigenvalue weighted by atomic mass is 16.4. The Morgan fingerprint density at radius 1 is 1.29 bits per heavy atom. The molecule has 0 fully saturated rings. The molecule has 3 nitrogen and oxygen atoms in total. The van der Waals surface area contributed by atoms with Gasteiger partial charge in [-0.25, -0.2) is 0 Å². The molecule has 2 rings (SSSR count). The van der Waals surface area contributed by atoms with Gasteiger partial charge in [-0.1, -0.05) is 39.0 Å². The van der Waals surface area contributed by atoms with Gasteiger partial charge in [0.2, 0.25) is 0 Å². The smallest absolute Gasteiger partial charge is 0.307 e. The lowest BCUT2D eigenvalue weighted by Gasteiger charge is -2.18. The van der Waals surface area contributed by atoms with E-state index in [2.05, 4.69) is 25.8 Å². The second-order valence-corrected chi connectivity index (χ2v) is 5.34. The largest absolute Gasteiger partial charge is 0.481 e. The number of nitrogens with one attached hydrogen (secondary N) is 1. The molecule has 0 aliphatic heterocycles. The quantitative estimate of drug-likeness (QED) is 0.834. The zero-order valence-electron chi connectivity index (χ0n) is 10.4. The van der Waals surface area contributed by atoms with Crippen LogP contribution in [0.5, 0.6) is 0 Å². The Balaban J connectivity index is 2.69. The SMILES string of the molecule is CC(C)(C)c1[nH]c2ccccc2c1CC(=O)O. The molecule has 3 heteroatoms. The molecule has 0 saturated carbocycles. The third-order valence-electron chi connectivity index (χ3n) is 2.89. The van der Waals surface area contributed by atoms with E-state index in [9.17, 15) is 4.79 Å². The molecule has 1 aromatic carbocycles. The van der Waals surface area contributed by atoms with Crippen LogP contribution in [0, 0.1) is 0 Å². The number of aromatic nitrogens is 1. The topological polar surface area (TPSA) is 53.1 Å². The van der Waals surface area contributed by atoms with Crippen molar-refractivity contribution in [2.24, 2.45) is 0 Å². The predicted octanol–water partition coefficient (Wildman–Crippen LogP) is 3.09. The van der Waals surface area contributed by atoms with Crippen LogP contribution >= 0.6 is 0 Å². The van der Waals surface area contributed by atoms with Crippen LogP contribution in [0.3, 0.4) is 0 Å². The Morgan fingerprint density at radius 3 is 2.53 bits per heavy atom. The van der Waals surface area contributed by atoms with Gasteiger partial charge in [-0.15, -0.1) is 0 Å². The van der Waals surface area contributed by atoms with E-state index in [1.165, 1.54) is 0 Å². The highest BCUT2D eigenvalue weighted by molar-refractivity contribution is 5.88. The monoisotopic (exact) mass is 231 g/mol. The number of hydrogen-bond acceptors (Lipinski definition) is 1. The van der Waals surface area contributed by atoms with Gasteiger partial charge in [-0.3, -0.25) is 4.79 Å². The fourth-order valence-corrected chi connectivity index (χ4v) is 2.18. The van der Waals surface area contributed by atoms with Crippen LogP contribution < -0.4 is 0 Å². The summed E-state index contributed by atoms with van der Waals surface area (Å²) in [5.74, 6) is -0.791. The van der Waals surface area contributed by atoms with Gasteiger partial charge in [-0.2, -0.15) is 0 Å². The van der Waals surface area contributed by atoms with Crippen LogP contribution in [0.15, 0.2) is 24.3 Å². The first-order valence-electron chi connectivity index (χ1n) is 5.71. The van der Waals surface area contributed by atoms with E-state index in [0.29, 0.717) is 0 Å². The molecule has 0 aliphatic carbocycles. The molecule has 2 N–H and O–H groups in total. The van der Waals surface area contributed by atoms with E-state index < -0.39 is 5.97 Å². The molecule has 0 bridgehead atoms. The zero-order valence-corrected chi connectivity index (χ0v) is 10.4. The Hall–Kier alpha value is -1.77. The number of aliphatic carboxylic acids is 1. The minimum atomic E-state index is -0.791. The van der Waals surface area contributed by atoms with Gasteiger partial charge in [0.1, 0.15) is 0 Å². The molecule has 1 aromatic heterocycles. The first-order chi connectivity index (χ1) is 7.89. The Labute approximate surface area is 100 Å². The minimum absolute atomic E-state index is 0.0661. The van der Waals surface area contributed by atoms with Gasteiger partial charge in [0, 0.05) is 22.0 Å². The summed E-state index contributed by atoms with van der Waals surface area (Å²) in [5, 5.41) is 10.0. The van der Waals surface area contributed by atoms with Crippen molar-refractivity contribution < 1.29 is 9.90 Å². The van der Waals surface area contributed by atoms with Crippen LogP contribution in [0.4, 0.5) is 0 Å².